The van der Waals surface area contributed by atoms with E-state index in [9.17, 15) is 19.4 Å². The lowest BCUT2D eigenvalue weighted by molar-refractivity contribution is -0.870. The second-order valence-electron chi connectivity index (χ2n) is 19.2. The standard InChI is InChI=1S/C51H103N2O6P/c1-6-8-10-12-14-16-18-20-21-22-23-24-25-26-27-28-29-30-31-32-33-35-37-39-41-43-45-51(55)52-49(48-59-60(56,57)58-47-46-53(3,4)5)50(54)44-42-40-38-36-34-19-17-15-13-11-9-7-2/h42,44,49-50,54H,6-41,43,45-48H2,1-5H3,(H-,52,55,56,57)/b44-42+/t49-,50+/m0/s1. The molecule has 0 heterocycles. The van der Waals surface area contributed by atoms with Gasteiger partial charge in [0.25, 0.3) is 7.82 Å². The molecule has 0 spiro atoms. The van der Waals surface area contributed by atoms with Gasteiger partial charge in [-0.3, -0.25) is 9.36 Å². The summed E-state index contributed by atoms with van der Waals surface area (Å²) in [5, 5.41) is 13.8. The van der Waals surface area contributed by atoms with Crippen molar-refractivity contribution in [1.29, 1.82) is 0 Å². The zero-order chi connectivity index (χ0) is 44.3. The average Bonchev–Trinajstić information content (AvgIpc) is 3.20. The first-order valence-electron chi connectivity index (χ1n) is 26.1. The van der Waals surface area contributed by atoms with E-state index in [1.165, 1.54) is 199 Å². The maximum absolute atomic E-state index is 12.9. The summed E-state index contributed by atoms with van der Waals surface area (Å²) in [5.74, 6) is -0.193. The van der Waals surface area contributed by atoms with Crippen LogP contribution in [0.2, 0.25) is 0 Å². The number of nitrogens with zero attached hydrogens (tertiary/aromatic N) is 1. The first-order valence-corrected chi connectivity index (χ1v) is 27.5. The number of nitrogens with one attached hydrogen (secondary N) is 1. The fraction of sp³-hybridized carbons (Fsp3) is 0.941. The third-order valence-corrected chi connectivity index (χ3v) is 13.0. The Balaban J connectivity index is 4.10. The summed E-state index contributed by atoms with van der Waals surface area (Å²) >= 11 is 0. The summed E-state index contributed by atoms with van der Waals surface area (Å²) in [7, 11) is 1.27. The van der Waals surface area contributed by atoms with Crippen molar-refractivity contribution in [3.05, 3.63) is 12.2 Å². The quantitative estimate of drug-likeness (QED) is 0.0273. The van der Waals surface area contributed by atoms with Gasteiger partial charge in [0, 0.05) is 6.42 Å². The van der Waals surface area contributed by atoms with E-state index in [-0.39, 0.29) is 19.1 Å². The molecule has 0 saturated heterocycles. The third kappa shape index (κ3) is 45.3. The minimum Gasteiger partial charge on any atom is -0.756 e. The first kappa shape index (κ1) is 59.2. The minimum atomic E-state index is -4.58. The molecular weight excluding hydrogens is 768 g/mol. The van der Waals surface area contributed by atoms with Crippen molar-refractivity contribution < 1.29 is 32.9 Å². The summed E-state index contributed by atoms with van der Waals surface area (Å²) in [4.78, 5) is 25.4. The number of aliphatic hydroxyl groups is 1. The number of rotatable bonds is 48. The van der Waals surface area contributed by atoms with E-state index in [4.69, 9.17) is 9.05 Å². The molecule has 8 nitrogen and oxygen atoms in total. The molecule has 0 aliphatic carbocycles. The molecule has 9 heteroatoms. The van der Waals surface area contributed by atoms with Gasteiger partial charge in [-0.25, -0.2) is 0 Å². The largest absolute Gasteiger partial charge is 0.756 e. The van der Waals surface area contributed by atoms with Crippen LogP contribution in [-0.2, 0) is 18.4 Å². The number of unbranched alkanes of at least 4 members (excludes halogenated alkanes) is 35. The molecule has 0 aromatic rings. The molecule has 358 valence electrons. The molecule has 0 fully saturated rings. The van der Waals surface area contributed by atoms with Crippen LogP contribution in [0.1, 0.15) is 258 Å². The van der Waals surface area contributed by atoms with E-state index < -0.39 is 20.0 Å². The van der Waals surface area contributed by atoms with Crippen LogP contribution in [0.5, 0.6) is 0 Å². The zero-order valence-electron chi connectivity index (χ0n) is 40.7. The minimum absolute atomic E-state index is 0.00221. The number of phosphoric acid groups is 1. The maximum Gasteiger partial charge on any atom is 0.268 e. The third-order valence-electron chi connectivity index (χ3n) is 12.0. The molecular formula is C51H103N2O6P. The predicted octanol–water partition coefficient (Wildman–Crippen LogP) is 14.5. The highest BCUT2D eigenvalue weighted by molar-refractivity contribution is 7.45. The van der Waals surface area contributed by atoms with Crippen molar-refractivity contribution in [2.45, 2.75) is 270 Å². The molecule has 1 unspecified atom stereocenters. The molecule has 0 rings (SSSR count). The van der Waals surface area contributed by atoms with Crippen molar-refractivity contribution in [3.8, 4) is 0 Å². The van der Waals surface area contributed by atoms with Crippen LogP contribution >= 0.6 is 7.82 Å². The molecule has 0 aliphatic rings. The summed E-state index contributed by atoms with van der Waals surface area (Å²) in [6.45, 7) is 4.67. The number of phosphoric ester groups is 1. The Morgan fingerprint density at radius 2 is 0.900 bits per heavy atom. The number of hydrogen-bond acceptors (Lipinski definition) is 6. The number of likely N-dealkylation sites (N-methyl/N-ethyl adjacent to an activating group) is 1. The summed E-state index contributed by atoms with van der Waals surface area (Å²) in [5.41, 5.74) is 0. The second-order valence-corrected chi connectivity index (χ2v) is 20.7. The molecule has 3 atom stereocenters. The van der Waals surface area contributed by atoms with Gasteiger partial charge in [0.1, 0.15) is 13.2 Å². The summed E-state index contributed by atoms with van der Waals surface area (Å²) in [6, 6.07) is -0.880. The monoisotopic (exact) mass is 871 g/mol. The van der Waals surface area contributed by atoms with Crippen molar-refractivity contribution in [2.24, 2.45) is 0 Å². The molecule has 60 heavy (non-hydrogen) atoms. The van der Waals surface area contributed by atoms with Gasteiger partial charge in [-0.05, 0) is 19.3 Å². The van der Waals surface area contributed by atoms with Gasteiger partial charge in [0.05, 0.1) is 39.9 Å². The maximum atomic E-state index is 12.9. The van der Waals surface area contributed by atoms with Crippen molar-refractivity contribution in [2.75, 3.05) is 40.9 Å². The molecule has 0 aromatic carbocycles. The van der Waals surface area contributed by atoms with Gasteiger partial charge in [-0.1, -0.05) is 244 Å². The van der Waals surface area contributed by atoms with Crippen LogP contribution in [0.15, 0.2) is 12.2 Å². The zero-order valence-corrected chi connectivity index (χ0v) is 41.6. The highest BCUT2D eigenvalue weighted by Gasteiger charge is 2.23. The van der Waals surface area contributed by atoms with E-state index in [2.05, 4.69) is 19.2 Å². The second kappa shape index (κ2) is 43.5. The molecule has 0 bridgehead atoms. The van der Waals surface area contributed by atoms with Crippen molar-refractivity contribution in [3.63, 3.8) is 0 Å². The van der Waals surface area contributed by atoms with Crippen LogP contribution in [0.25, 0.3) is 0 Å². The number of carbonyl (C=O) groups excluding carboxylic acids is 1. The highest BCUT2D eigenvalue weighted by Crippen LogP contribution is 2.38. The molecule has 0 aromatic heterocycles. The van der Waals surface area contributed by atoms with Gasteiger partial charge >= 0.3 is 0 Å². The Kier molecular flexibility index (Phi) is 42.9. The summed E-state index contributed by atoms with van der Waals surface area (Å²) < 4.78 is 23.2. The average molecular weight is 871 g/mol. The van der Waals surface area contributed by atoms with Crippen LogP contribution < -0.4 is 10.2 Å². The number of carbonyl (C=O) groups is 1. The van der Waals surface area contributed by atoms with Gasteiger partial charge in [-0.2, -0.15) is 0 Å². The highest BCUT2D eigenvalue weighted by atomic mass is 31.2. The van der Waals surface area contributed by atoms with E-state index in [1.54, 1.807) is 6.08 Å². The van der Waals surface area contributed by atoms with E-state index >= 15 is 0 Å². The smallest absolute Gasteiger partial charge is 0.268 e. The Bertz CT molecular complexity index is 989. The lowest BCUT2D eigenvalue weighted by Crippen LogP contribution is -2.45. The van der Waals surface area contributed by atoms with Crippen LogP contribution in [0.4, 0.5) is 0 Å². The van der Waals surface area contributed by atoms with E-state index in [0.717, 1.165) is 38.5 Å². The first-order chi connectivity index (χ1) is 29.0. The van der Waals surface area contributed by atoms with Gasteiger partial charge < -0.3 is 28.8 Å². The van der Waals surface area contributed by atoms with E-state index in [0.29, 0.717) is 17.4 Å². The molecule has 0 saturated carbocycles. The molecule has 1 amide bonds. The van der Waals surface area contributed by atoms with Crippen LogP contribution in [-0.4, -0.2) is 68.5 Å². The van der Waals surface area contributed by atoms with Gasteiger partial charge in [0.15, 0.2) is 0 Å². The fourth-order valence-corrected chi connectivity index (χ4v) is 8.58. The lowest BCUT2D eigenvalue weighted by atomic mass is 10.0. The number of aliphatic hydroxyl groups excluding tert-OH is 1. The van der Waals surface area contributed by atoms with Crippen molar-refractivity contribution in [1.82, 2.24) is 5.32 Å². The topological polar surface area (TPSA) is 108 Å². The Hall–Kier alpha value is -0.760. The lowest BCUT2D eigenvalue weighted by Gasteiger charge is -2.29. The molecule has 2 N–H and O–H groups in total. The van der Waals surface area contributed by atoms with Gasteiger partial charge in [-0.15, -0.1) is 0 Å². The Morgan fingerprint density at radius 1 is 0.567 bits per heavy atom. The Morgan fingerprint density at radius 3 is 1.25 bits per heavy atom. The number of amides is 1. The van der Waals surface area contributed by atoms with Crippen LogP contribution in [0.3, 0.4) is 0 Å². The van der Waals surface area contributed by atoms with Crippen molar-refractivity contribution >= 4 is 13.7 Å². The summed E-state index contributed by atoms with van der Waals surface area (Å²) in [6.07, 6.45) is 51.4. The predicted molar refractivity (Wildman–Crippen MR) is 256 cm³/mol. The van der Waals surface area contributed by atoms with Gasteiger partial charge in [0.2, 0.25) is 5.91 Å². The molecule has 0 radical (unpaired) electrons. The normalized spacial score (nSPS) is 14.2. The van der Waals surface area contributed by atoms with Crippen LogP contribution in [0, 0.1) is 0 Å². The number of allylic oxidation sites excluding steroid dienone is 1. The number of quaternary nitrogens is 1. The SMILES string of the molecule is CCCCCCCCCCCC/C=C/[C@@H](O)[C@H](COP(=O)([O-])OCC[N+](C)(C)C)NC(=O)CCCCCCCCCCCCCCCCCCCCCCCCCCCC. The Labute approximate surface area is 373 Å². The van der Waals surface area contributed by atoms with E-state index in [1.807, 2.05) is 27.2 Å². The fourth-order valence-electron chi connectivity index (χ4n) is 7.86. The number of hydrogen-bond donors (Lipinski definition) is 2. The molecule has 0 aliphatic heterocycles.